The van der Waals surface area contributed by atoms with Gasteiger partial charge in [0.25, 0.3) is 5.91 Å². The number of nitrogens with zero attached hydrogens (tertiary/aromatic N) is 8. The fraction of sp³-hybridized carbons (Fsp3) is 0.176. The highest BCUT2D eigenvalue weighted by Crippen LogP contribution is 2.22. The first kappa shape index (κ1) is 16.1. The van der Waals surface area contributed by atoms with Crippen molar-refractivity contribution in [2.75, 3.05) is 6.54 Å². The first-order valence-electron chi connectivity index (χ1n) is 8.32. The summed E-state index contributed by atoms with van der Waals surface area (Å²) in [6.07, 6.45) is 6.93. The summed E-state index contributed by atoms with van der Waals surface area (Å²) in [6.45, 7) is 1.56. The van der Waals surface area contributed by atoms with Gasteiger partial charge in [0.05, 0.1) is 11.0 Å². The van der Waals surface area contributed by atoms with Crippen LogP contribution in [-0.2, 0) is 13.1 Å². The molecule has 27 heavy (non-hydrogen) atoms. The third-order valence-electron chi connectivity index (χ3n) is 4.46. The van der Waals surface area contributed by atoms with Crippen LogP contribution in [0.25, 0.3) is 17.0 Å². The van der Waals surface area contributed by atoms with E-state index in [9.17, 15) is 4.79 Å². The van der Waals surface area contributed by atoms with E-state index >= 15 is 0 Å². The zero-order valence-electron chi connectivity index (χ0n) is 14.0. The maximum Gasteiger partial charge on any atom is 0.274 e. The molecule has 9 nitrogen and oxygen atoms in total. The van der Waals surface area contributed by atoms with Crippen molar-refractivity contribution >= 4 is 27.5 Å². The molecule has 0 aromatic carbocycles. The molecule has 0 atom stereocenters. The quantitative estimate of drug-likeness (QED) is 0.486. The third-order valence-corrected chi connectivity index (χ3v) is 4.87. The van der Waals surface area contributed by atoms with Gasteiger partial charge in [0.2, 0.25) is 0 Å². The smallest absolute Gasteiger partial charge is 0.274 e. The molecule has 0 fully saturated rings. The third kappa shape index (κ3) is 2.78. The standard InChI is InChI=1S/C17H13BrN8O/c18-12-8-20-14-6-13(23-26(14)9-12)17(27)24-4-5-25-15(10-24)21-22-16(25)11-2-1-3-19-7-11/h1-3,6-9H,4-5,10H2. The number of rotatable bonds is 2. The summed E-state index contributed by atoms with van der Waals surface area (Å²) in [6, 6.07) is 5.50. The van der Waals surface area contributed by atoms with Crippen LogP contribution in [0.15, 0.2) is 47.5 Å². The highest BCUT2D eigenvalue weighted by molar-refractivity contribution is 9.10. The van der Waals surface area contributed by atoms with Gasteiger partial charge in [-0.15, -0.1) is 10.2 Å². The lowest BCUT2D eigenvalue weighted by Crippen LogP contribution is -2.38. The normalized spacial score (nSPS) is 13.7. The zero-order chi connectivity index (χ0) is 18.4. The summed E-state index contributed by atoms with van der Waals surface area (Å²) in [5.74, 6) is 1.37. The Morgan fingerprint density at radius 3 is 2.96 bits per heavy atom. The number of carbonyl (C=O) groups is 1. The lowest BCUT2D eigenvalue weighted by atomic mass is 10.2. The van der Waals surface area contributed by atoms with Crippen LogP contribution in [0.2, 0.25) is 0 Å². The van der Waals surface area contributed by atoms with Crippen LogP contribution >= 0.6 is 15.9 Å². The number of fused-ring (bicyclic) bond motifs is 2. The van der Waals surface area contributed by atoms with E-state index in [1.807, 2.05) is 16.7 Å². The van der Waals surface area contributed by atoms with Crippen LogP contribution in [0.3, 0.4) is 0 Å². The predicted octanol–water partition coefficient (Wildman–Crippen LogP) is 1.80. The first-order valence-corrected chi connectivity index (χ1v) is 9.11. The summed E-state index contributed by atoms with van der Waals surface area (Å²) >= 11 is 3.35. The molecule has 1 aliphatic heterocycles. The van der Waals surface area contributed by atoms with Crippen molar-refractivity contribution in [3.8, 4) is 11.4 Å². The minimum Gasteiger partial charge on any atom is -0.328 e. The topological polar surface area (TPSA) is 94.1 Å². The number of hydrogen-bond acceptors (Lipinski definition) is 6. The molecule has 0 saturated carbocycles. The Labute approximate surface area is 161 Å². The van der Waals surface area contributed by atoms with E-state index in [-0.39, 0.29) is 5.91 Å². The second-order valence-electron chi connectivity index (χ2n) is 6.16. The lowest BCUT2D eigenvalue weighted by Gasteiger charge is -2.27. The summed E-state index contributed by atoms with van der Waals surface area (Å²) < 4.78 is 4.42. The van der Waals surface area contributed by atoms with Crippen molar-refractivity contribution in [3.63, 3.8) is 0 Å². The fourth-order valence-electron chi connectivity index (χ4n) is 3.16. The van der Waals surface area contributed by atoms with Crippen molar-refractivity contribution in [2.45, 2.75) is 13.1 Å². The maximum absolute atomic E-state index is 12.9. The van der Waals surface area contributed by atoms with Gasteiger partial charge in [-0.25, -0.2) is 9.50 Å². The van der Waals surface area contributed by atoms with Gasteiger partial charge in [-0.05, 0) is 28.1 Å². The van der Waals surface area contributed by atoms with E-state index in [1.165, 1.54) is 0 Å². The molecule has 0 N–H and O–H groups in total. The van der Waals surface area contributed by atoms with Gasteiger partial charge in [0.1, 0.15) is 0 Å². The van der Waals surface area contributed by atoms with Crippen LogP contribution in [0, 0.1) is 0 Å². The Morgan fingerprint density at radius 2 is 2.11 bits per heavy atom. The average molecular weight is 425 g/mol. The van der Waals surface area contributed by atoms with E-state index in [0.29, 0.717) is 31.0 Å². The van der Waals surface area contributed by atoms with Crippen molar-refractivity contribution < 1.29 is 4.79 Å². The molecule has 4 aromatic rings. The molecule has 1 amide bonds. The van der Waals surface area contributed by atoms with Crippen LogP contribution < -0.4 is 0 Å². The van der Waals surface area contributed by atoms with Gasteiger partial charge in [0, 0.05) is 49.5 Å². The Morgan fingerprint density at radius 1 is 1.19 bits per heavy atom. The van der Waals surface area contributed by atoms with E-state index in [1.54, 1.807) is 40.3 Å². The number of carbonyl (C=O) groups excluding carboxylic acids is 1. The van der Waals surface area contributed by atoms with Gasteiger partial charge < -0.3 is 9.47 Å². The molecule has 5 rings (SSSR count). The molecule has 4 aromatic heterocycles. The predicted molar refractivity (Wildman–Crippen MR) is 98.7 cm³/mol. The van der Waals surface area contributed by atoms with Crippen molar-refractivity contribution in [1.82, 2.24) is 39.2 Å². The summed E-state index contributed by atoms with van der Waals surface area (Å²) in [7, 11) is 0. The van der Waals surface area contributed by atoms with Gasteiger partial charge in [-0.2, -0.15) is 5.10 Å². The Balaban J connectivity index is 1.42. The number of amides is 1. The van der Waals surface area contributed by atoms with Gasteiger partial charge in [-0.3, -0.25) is 9.78 Å². The van der Waals surface area contributed by atoms with Crippen molar-refractivity contribution in [2.24, 2.45) is 0 Å². The van der Waals surface area contributed by atoms with Crippen LogP contribution in [0.1, 0.15) is 16.3 Å². The zero-order valence-corrected chi connectivity index (χ0v) is 15.6. The molecule has 0 aliphatic carbocycles. The maximum atomic E-state index is 12.9. The highest BCUT2D eigenvalue weighted by atomic mass is 79.9. The Kier molecular flexibility index (Phi) is 3.71. The molecule has 0 saturated heterocycles. The molecule has 1 aliphatic rings. The number of hydrogen-bond donors (Lipinski definition) is 0. The number of pyridine rings is 1. The number of halogens is 1. The van der Waals surface area contributed by atoms with E-state index in [4.69, 9.17) is 0 Å². The molecular weight excluding hydrogens is 412 g/mol. The second-order valence-corrected chi connectivity index (χ2v) is 7.08. The fourth-order valence-corrected chi connectivity index (χ4v) is 3.46. The van der Waals surface area contributed by atoms with Gasteiger partial charge in [0.15, 0.2) is 23.0 Å². The molecule has 5 heterocycles. The Hall–Kier alpha value is -3.14. The monoisotopic (exact) mass is 424 g/mol. The molecule has 0 unspecified atom stereocenters. The number of aromatic nitrogens is 7. The van der Waals surface area contributed by atoms with E-state index in [2.05, 4.69) is 41.2 Å². The van der Waals surface area contributed by atoms with E-state index in [0.717, 1.165) is 21.7 Å². The van der Waals surface area contributed by atoms with Gasteiger partial charge in [-0.1, -0.05) is 0 Å². The molecule has 0 radical (unpaired) electrons. The largest absolute Gasteiger partial charge is 0.328 e. The summed E-state index contributed by atoms with van der Waals surface area (Å²) in [5.41, 5.74) is 1.90. The van der Waals surface area contributed by atoms with Crippen LogP contribution in [0.5, 0.6) is 0 Å². The van der Waals surface area contributed by atoms with Crippen LogP contribution in [0.4, 0.5) is 0 Å². The molecule has 10 heteroatoms. The molecule has 134 valence electrons. The lowest BCUT2D eigenvalue weighted by molar-refractivity contribution is 0.0701. The summed E-state index contributed by atoms with van der Waals surface area (Å²) in [4.78, 5) is 23.0. The van der Waals surface area contributed by atoms with Crippen molar-refractivity contribution in [3.05, 3.63) is 59.0 Å². The SMILES string of the molecule is O=C(c1cc2ncc(Br)cn2n1)N1CCn2c(nnc2-c2cccnc2)C1. The molecule has 0 spiro atoms. The minimum absolute atomic E-state index is 0.145. The van der Waals surface area contributed by atoms with Crippen LogP contribution in [-0.4, -0.2) is 51.7 Å². The highest BCUT2D eigenvalue weighted by Gasteiger charge is 2.27. The molecule has 0 bridgehead atoms. The van der Waals surface area contributed by atoms with Crippen molar-refractivity contribution in [1.29, 1.82) is 0 Å². The van der Waals surface area contributed by atoms with Gasteiger partial charge >= 0.3 is 0 Å². The second kappa shape index (κ2) is 6.23. The minimum atomic E-state index is -0.145. The average Bonchev–Trinajstić information content (AvgIpc) is 3.31. The first-order chi connectivity index (χ1) is 13.2. The Bertz CT molecular complexity index is 1150. The van der Waals surface area contributed by atoms with E-state index < -0.39 is 0 Å². The summed E-state index contributed by atoms with van der Waals surface area (Å²) in [5, 5.41) is 12.9. The molecular formula is C17H13BrN8O.